The van der Waals surface area contributed by atoms with E-state index in [1.807, 2.05) is 37.0 Å². The Labute approximate surface area is 111 Å². The Kier molecular flexibility index (Phi) is 3.31. The first-order chi connectivity index (χ1) is 8.75. The van der Waals surface area contributed by atoms with Gasteiger partial charge >= 0.3 is 0 Å². The molecule has 0 amide bonds. The van der Waals surface area contributed by atoms with Gasteiger partial charge in [-0.25, -0.2) is 4.98 Å². The molecule has 0 spiro atoms. The summed E-state index contributed by atoms with van der Waals surface area (Å²) in [7, 11) is 2.03. The molecule has 2 heterocycles. The molecule has 1 aliphatic rings. The van der Waals surface area contributed by atoms with Gasteiger partial charge in [-0.3, -0.25) is 0 Å². The van der Waals surface area contributed by atoms with Crippen LogP contribution < -0.4 is 0 Å². The second-order valence-corrected chi connectivity index (χ2v) is 6.12. The van der Waals surface area contributed by atoms with Gasteiger partial charge in [-0.2, -0.15) is 11.8 Å². The van der Waals surface area contributed by atoms with Gasteiger partial charge < -0.3 is 9.67 Å². The van der Waals surface area contributed by atoms with Gasteiger partial charge in [0.2, 0.25) is 0 Å². The molecule has 0 radical (unpaired) electrons. The van der Waals surface area contributed by atoms with Gasteiger partial charge in [0, 0.05) is 13.5 Å². The van der Waals surface area contributed by atoms with Gasteiger partial charge in [-0.1, -0.05) is 12.1 Å². The standard InChI is InChI=1S/C14H18N2OS/c1-16-12-5-3-2-4-11(12)15-14(16)8-13(17)10-6-7-18-9-10/h2-5,10,13,17H,6-9H2,1H3. The van der Waals surface area contributed by atoms with Crippen LogP contribution in [-0.2, 0) is 13.5 Å². The van der Waals surface area contributed by atoms with Gasteiger partial charge in [0.05, 0.1) is 17.1 Å². The summed E-state index contributed by atoms with van der Waals surface area (Å²) < 4.78 is 2.10. The number of imidazole rings is 1. The molecule has 3 rings (SSSR count). The summed E-state index contributed by atoms with van der Waals surface area (Å²) in [5, 5.41) is 10.3. The number of aliphatic hydroxyl groups excluding tert-OH is 1. The number of nitrogens with zero attached hydrogens (tertiary/aromatic N) is 2. The van der Waals surface area contributed by atoms with E-state index in [0.29, 0.717) is 12.3 Å². The number of thioether (sulfide) groups is 1. The second-order valence-electron chi connectivity index (χ2n) is 4.97. The number of aryl methyl sites for hydroxylation is 1. The minimum atomic E-state index is -0.254. The van der Waals surface area contributed by atoms with Crippen molar-refractivity contribution in [3.05, 3.63) is 30.1 Å². The van der Waals surface area contributed by atoms with Crippen LogP contribution in [0.5, 0.6) is 0 Å². The molecule has 2 unspecified atom stereocenters. The van der Waals surface area contributed by atoms with Gasteiger partial charge in [0.1, 0.15) is 5.82 Å². The van der Waals surface area contributed by atoms with E-state index in [1.165, 1.54) is 5.75 Å². The smallest absolute Gasteiger partial charge is 0.112 e. The molecule has 2 atom stereocenters. The lowest BCUT2D eigenvalue weighted by Gasteiger charge is -2.16. The largest absolute Gasteiger partial charge is 0.392 e. The normalized spacial score (nSPS) is 21.6. The highest BCUT2D eigenvalue weighted by Crippen LogP contribution is 2.28. The van der Waals surface area contributed by atoms with Gasteiger partial charge in [0.15, 0.2) is 0 Å². The number of hydrogen-bond acceptors (Lipinski definition) is 3. The number of rotatable bonds is 3. The molecule has 96 valence electrons. The zero-order valence-electron chi connectivity index (χ0n) is 10.5. The van der Waals surface area contributed by atoms with E-state index in [1.54, 1.807) is 0 Å². The first-order valence-electron chi connectivity index (χ1n) is 6.42. The highest BCUT2D eigenvalue weighted by molar-refractivity contribution is 7.99. The average molecular weight is 262 g/mol. The van der Waals surface area contributed by atoms with E-state index in [4.69, 9.17) is 0 Å². The summed E-state index contributed by atoms with van der Waals surface area (Å²) in [4.78, 5) is 4.62. The maximum absolute atomic E-state index is 10.3. The Bertz CT molecular complexity index is 546. The molecule has 1 fully saturated rings. The molecular weight excluding hydrogens is 244 g/mol. The molecule has 1 aliphatic heterocycles. The maximum atomic E-state index is 10.3. The summed E-state index contributed by atoms with van der Waals surface area (Å²) in [6.07, 6.45) is 1.54. The number of fused-ring (bicyclic) bond motifs is 1. The van der Waals surface area contributed by atoms with E-state index in [0.717, 1.165) is 29.0 Å². The van der Waals surface area contributed by atoms with Crippen molar-refractivity contribution in [2.75, 3.05) is 11.5 Å². The molecule has 1 aromatic carbocycles. The number of para-hydroxylation sites is 2. The fourth-order valence-electron chi connectivity index (χ4n) is 2.59. The topological polar surface area (TPSA) is 38.0 Å². The zero-order valence-corrected chi connectivity index (χ0v) is 11.4. The predicted molar refractivity (Wildman–Crippen MR) is 75.9 cm³/mol. The zero-order chi connectivity index (χ0) is 12.5. The van der Waals surface area contributed by atoms with Crippen molar-refractivity contribution in [2.24, 2.45) is 13.0 Å². The van der Waals surface area contributed by atoms with Crippen LogP contribution in [0.25, 0.3) is 11.0 Å². The van der Waals surface area contributed by atoms with Crippen LogP contribution >= 0.6 is 11.8 Å². The number of aromatic nitrogens is 2. The Balaban J connectivity index is 1.83. The molecule has 0 bridgehead atoms. The SMILES string of the molecule is Cn1c(CC(O)C2CCSC2)nc2ccccc21. The summed E-state index contributed by atoms with van der Waals surface area (Å²) in [6.45, 7) is 0. The molecule has 4 heteroatoms. The van der Waals surface area contributed by atoms with Crippen molar-refractivity contribution >= 4 is 22.8 Å². The van der Waals surface area contributed by atoms with Crippen LogP contribution in [-0.4, -0.2) is 32.3 Å². The predicted octanol–water partition coefficient (Wildman–Crippen LogP) is 2.23. The fourth-order valence-corrected chi connectivity index (χ4v) is 3.92. The lowest BCUT2D eigenvalue weighted by atomic mass is 9.99. The summed E-state index contributed by atoms with van der Waals surface area (Å²) in [6, 6.07) is 8.13. The van der Waals surface area contributed by atoms with Crippen molar-refractivity contribution in [2.45, 2.75) is 18.9 Å². The summed E-state index contributed by atoms with van der Waals surface area (Å²) >= 11 is 1.94. The Hall–Kier alpha value is -1.00. The molecule has 1 saturated heterocycles. The molecule has 18 heavy (non-hydrogen) atoms. The summed E-state index contributed by atoms with van der Waals surface area (Å²) in [5.41, 5.74) is 2.16. The van der Waals surface area contributed by atoms with Crippen LogP contribution in [0.2, 0.25) is 0 Å². The average Bonchev–Trinajstić information content (AvgIpc) is 3.00. The molecule has 1 N–H and O–H groups in total. The van der Waals surface area contributed by atoms with Crippen molar-refractivity contribution in [1.29, 1.82) is 0 Å². The quantitative estimate of drug-likeness (QED) is 0.922. The van der Waals surface area contributed by atoms with Crippen LogP contribution in [0.15, 0.2) is 24.3 Å². The molecule has 0 saturated carbocycles. The van der Waals surface area contributed by atoms with Crippen LogP contribution in [0.4, 0.5) is 0 Å². The second kappa shape index (κ2) is 4.94. The third-order valence-electron chi connectivity index (χ3n) is 3.78. The van der Waals surface area contributed by atoms with Gasteiger partial charge in [-0.05, 0) is 36.0 Å². The van der Waals surface area contributed by atoms with E-state index in [9.17, 15) is 5.11 Å². The monoisotopic (exact) mass is 262 g/mol. The number of benzene rings is 1. The fraction of sp³-hybridized carbons (Fsp3) is 0.500. The molecule has 2 aromatic rings. The van der Waals surface area contributed by atoms with E-state index in [-0.39, 0.29) is 6.10 Å². The first kappa shape index (κ1) is 12.1. The van der Waals surface area contributed by atoms with Crippen LogP contribution in [0.3, 0.4) is 0 Å². The maximum Gasteiger partial charge on any atom is 0.112 e. The van der Waals surface area contributed by atoms with E-state index < -0.39 is 0 Å². The van der Waals surface area contributed by atoms with E-state index in [2.05, 4.69) is 15.6 Å². The highest BCUT2D eigenvalue weighted by atomic mass is 32.2. The van der Waals surface area contributed by atoms with Gasteiger partial charge in [0.25, 0.3) is 0 Å². The third-order valence-corrected chi connectivity index (χ3v) is 4.97. The van der Waals surface area contributed by atoms with Crippen molar-refractivity contribution in [1.82, 2.24) is 9.55 Å². The molecule has 3 nitrogen and oxygen atoms in total. The van der Waals surface area contributed by atoms with Crippen molar-refractivity contribution in [3.8, 4) is 0 Å². The third kappa shape index (κ3) is 2.15. The molecular formula is C14H18N2OS. The number of hydrogen-bond donors (Lipinski definition) is 1. The Morgan fingerprint density at radius 2 is 2.33 bits per heavy atom. The van der Waals surface area contributed by atoms with Crippen LogP contribution in [0.1, 0.15) is 12.2 Å². The summed E-state index contributed by atoms with van der Waals surface area (Å²) in [5.74, 6) is 3.70. The minimum Gasteiger partial charge on any atom is -0.392 e. The molecule has 1 aromatic heterocycles. The first-order valence-corrected chi connectivity index (χ1v) is 7.57. The lowest BCUT2D eigenvalue weighted by molar-refractivity contribution is 0.117. The Morgan fingerprint density at radius 1 is 1.50 bits per heavy atom. The Morgan fingerprint density at radius 3 is 3.06 bits per heavy atom. The van der Waals surface area contributed by atoms with E-state index >= 15 is 0 Å². The highest BCUT2D eigenvalue weighted by Gasteiger charge is 2.25. The molecule has 0 aliphatic carbocycles. The lowest BCUT2D eigenvalue weighted by Crippen LogP contribution is -2.24. The number of aliphatic hydroxyl groups is 1. The van der Waals surface area contributed by atoms with Crippen molar-refractivity contribution in [3.63, 3.8) is 0 Å². The van der Waals surface area contributed by atoms with Crippen LogP contribution in [0, 0.1) is 5.92 Å². The minimum absolute atomic E-state index is 0.254. The van der Waals surface area contributed by atoms with Gasteiger partial charge in [-0.15, -0.1) is 0 Å². The van der Waals surface area contributed by atoms with Crippen molar-refractivity contribution < 1.29 is 5.11 Å².